The maximum absolute atomic E-state index is 4.29. The number of hydrogen-bond acceptors (Lipinski definition) is 1. The molecule has 0 saturated heterocycles. The molecule has 0 bridgehead atoms. The van der Waals surface area contributed by atoms with E-state index in [4.69, 9.17) is 0 Å². The molecule has 0 heterocycles. The van der Waals surface area contributed by atoms with Crippen molar-refractivity contribution in [1.29, 1.82) is 0 Å². The Kier molecular flexibility index (Phi) is 26.9. The molecule has 0 aromatic heterocycles. The Hall–Kier alpha value is -0.720. The summed E-state index contributed by atoms with van der Waals surface area (Å²) in [6.45, 7) is 11.2. The molecule has 0 fully saturated rings. The zero-order chi connectivity index (χ0) is 24.2. The van der Waals surface area contributed by atoms with Gasteiger partial charge < -0.3 is 5.32 Å². The molecular weight excluding hydrogens is 398 g/mol. The first kappa shape index (κ1) is 32.3. The highest BCUT2D eigenvalue weighted by Gasteiger charge is 2.04. The first-order valence-electron chi connectivity index (χ1n) is 15.3. The van der Waals surface area contributed by atoms with Crippen molar-refractivity contribution in [2.45, 2.75) is 181 Å². The van der Waals surface area contributed by atoms with Gasteiger partial charge in [-0.25, -0.2) is 0 Å². The van der Waals surface area contributed by atoms with E-state index in [0.29, 0.717) is 6.04 Å². The lowest BCUT2D eigenvalue weighted by Crippen LogP contribution is -2.26. The molecule has 0 amide bonds. The lowest BCUT2D eigenvalue weighted by Gasteiger charge is -2.18. The fourth-order valence-electron chi connectivity index (χ4n) is 4.64. The molecule has 0 saturated carbocycles. The Balaban J connectivity index is 3.51. The zero-order valence-electron chi connectivity index (χ0n) is 23.4. The maximum atomic E-state index is 4.29. The Morgan fingerprint density at radius 3 is 1.45 bits per heavy atom. The van der Waals surface area contributed by atoms with Gasteiger partial charge >= 0.3 is 0 Å². The summed E-state index contributed by atoms with van der Waals surface area (Å²) in [4.78, 5) is 0. The van der Waals surface area contributed by atoms with Crippen LogP contribution in [0.1, 0.15) is 175 Å². The summed E-state index contributed by atoms with van der Waals surface area (Å²) in [5.74, 6) is 0. The molecule has 0 aromatic carbocycles. The van der Waals surface area contributed by atoms with Crippen molar-refractivity contribution in [2.75, 3.05) is 0 Å². The van der Waals surface area contributed by atoms with Crippen molar-refractivity contribution in [3.05, 3.63) is 24.4 Å². The van der Waals surface area contributed by atoms with E-state index in [0.717, 1.165) is 12.8 Å². The molecule has 0 aliphatic carbocycles. The van der Waals surface area contributed by atoms with Crippen molar-refractivity contribution in [3.8, 4) is 0 Å². The standard InChI is InChI=1S/C32H63N/c1-5-8-10-12-14-16-17-18-19-20-22-24-26-28-30-32(7-3)33-31(4)29-27-25-23-21-15-13-11-9-6-2/h26,28,32-33H,4-25,27,29-30H2,1-3H3/b28-26+/t32-/m0/s1. The normalized spacial score (nSPS) is 12.5. The molecule has 0 aliphatic heterocycles. The van der Waals surface area contributed by atoms with Gasteiger partial charge in [0.15, 0.2) is 0 Å². The highest BCUT2D eigenvalue weighted by molar-refractivity contribution is 4.96. The van der Waals surface area contributed by atoms with E-state index in [-0.39, 0.29) is 0 Å². The van der Waals surface area contributed by atoms with Crippen molar-refractivity contribution in [2.24, 2.45) is 0 Å². The fraction of sp³-hybridized carbons (Fsp3) is 0.875. The minimum atomic E-state index is 0.560. The molecule has 0 aromatic rings. The second-order valence-corrected chi connectivity index (χ2v) is 10.5. The van der Waals surface area contributed by atoms with Gasteiger partial charge in [-0.2, -0.15) is 0 Å². The average Bonchev–Trinajstić information content (AvgIpc) is 2.82. The van der Waals surface area contributed by atoms with Gasteiger partial charge in [-0.15, -0.1) is 0 Å². The van der Waals surface area contributed by atoms with Crippen molar-refractivity contribution in [1.82, 2.24) is 5.32 Å². The fourth-order valence-corrected chi connectivity index (χ4v) is 4.64. The minimum Gasteiger partial charge on any atom is -0.386 e. The van der Waals surface area contributed by atoms with E-state index >= 15 is 0 Å². The minimum absolute atomic E-state index is 0.560. The average molecular weight is 462 g/mol. The van der Waals surface area contributed by atoms with E-state index in [9.17, 15) is 0 Å². The van der Waals surface area contributed by atoms with Crippen LogP contribution >= 0.6 is 0 Å². The highest BCUT2D eigenvalue weighted by Crippen LogP contribution is 2.14. The number of unbranched alkanes of at least 4 members (excludes halogenated alkanes) is 19. The Morgan fingerprint density at radius 2 is 1.00 bits per heavy atom. The molecule has 0 unspecified atom stereocenters. The van der Waals surface area contributed by atoms with Gasteiger partial charge in [0, 0.05) is 11.7 Å². The van der Waals surface area contributed by atoms with E-state index < -0.39 is 0 Å². The smallest absolute Gasteiger partial charge is 0.0289 e. The van der Waals surface area contributed by atoms with Crippen LogP contribution in [0.2, 0.25) is 0 Å². The Morgan fingerprint density at radius 1 is 0.576 bits per heavy atom. The highest BCUT2D eigenvalue weighted by atomic mass is 14.9. The van der Waals surface area contributed by atoms with E-state index in [1.165, 1.54) is 147 Å². The molecule has 1 N–H and O–H groups in total. The van der Waals surface area contributed by atoms with Crippen LogP contribution in [-0.4, -0.2) is 6.04 Å². The molecule has 1 heteroatoms. The van der Waals surface area contributed by atoms with Crippen molar-refractivity contribution < 1.29 is 0 Å². The molecular formula is C32H63N. The Labute approximate surface area is 210 Å². The molecule has 33 heavy (non-hydrogen) atoms. The number of allylic oxidation sites excluding steroid dienone is 2. The van der Waals surface area contributed by atoms with Gasteiger partial charge in [-0.05, 0) is 38.5 Å². The molecule has 1 nitrogen and oxygen atoms in total. The third-order valence-electron chi connectivity index (χ3n) is 7.04. The van der Waals surface area contributed by atoms with Crippen LogP contribution in [0.15, 0.2) is 24.4 Å². The molecule has 0 aliphatic rings. The van der Waals surface area contributed by atoms with E-state index in [1.807, 2.05) is 0 Å². The lowest BCUT2D eigenvalue weighted by molar-refractivity contribution is 0.524. The molecule has 1 atom stereocenters. The third kappa shape index (κ3) is 25.7. The van der Waals surface area contributed by atoms with Gasteiger partial charge in [0.05, 0.1) is 0 Å². The maximum Gasteiger partial charge on any atom is 0.0289 e. The molecule has 0 radical (unpaired) electrons. The zero-order valence-corrected chi connectivity index (χ0v) is 23.4. The Bertz CT molecular complexity index is 411. The summed E-state index contributed by atoms with van der Waals surface area (Å²) in [5, 5.41) is 3.69. The van der Waals surface area contributed by atoms with Crippen LogP contribution in [-0.2, 0) is 0 Å². The predicted molar refractivity (Wildman–Crippen MR) is 153 cm³/mol. The van der Waals surface area contributed by atoms with Gasteiger partial charge in [-0.3, -0.25) is 0 Å². The van der Waals surface area contributed by atoms with Gasteiger partial charge in [0.25, 0.3) is 0 Å². The van der Waals surface area contributed by atoms with Crippen LogP contribution in [0.3, 0.4) is 0 Å². The largest absolute Gasteiger partial charge is 0.386 e. The third-order valence-corrected chi connectivity index (χ3v) is 7.04. The first-order chi connectivity index (χ1) is 16.2. The lowest BCUT2D eigenvalue weighted by atomic mass is 10.0. The van der Waals surface area contributed by atoms with E-state index in [1.54, 1.807) is 0 Å². The van der Waals surface area contributed by atoms with Gasteiger partial charge in [0.2, 0.25) is 0 Å². The van der Waals surface area contributed by atoms with Crippen LogP contribution < -0.4 is 5.32 Å². The van der Waals surface area contributed by atoms with Crippen molar-refractivity contribution in [3.63, 3.8) is 0 Å². The number of hydrogen-bond donors (Lipinski definition) is 1. The van der Waals surface area contributed by atoms with Crippen LogP contribution in [0.4, 0.5) is 0 Å². The molecule has 0 rings (SSSR count). The quantitative estimate of drug-likeness (QED) is 0.0946. The van der Waals surface area contributed by atoms with Crippen LogP contribution in [0, 0.1) is 0 Å². The number of rotatable bonds is 27. The SMILES string of the molecule is C=C(CCCCCCCCCCC)N[C@@H](CC)C/C=C/CCCCCCCCCCCCC. The van der Waals surface area contributed by atoms with Crippen molar-refractivity contribution >= 4 is 0 Å². The van der Waals surface area contributed by atoms with Crippen LogP contribution in [0.5, 0.6) is 0 Å². The predicted octanol–water partition coefficient (Wildman–Crippen LogP) is 11.4. The summed E-state index contributed by atoms with van der Waals surface area (Å²) < 4.78 is 0. The second-order valence-electron chi connectivity index (χ2n) is 10.5. The number of nitrogens with one attached hydrogen (secondary N) is 1. The summed E-state index contributed by atoms with van der Waals surface area (Å²) in [7, 11) is 0. The summed E-state index contributed by atoms with van der Waals surface area (Å²) in [5.41, 5.74) is 1.25. The van der Waals surface area contributed by atoms with Gasteiger partial charge in [-0.1, -0.05) is 155 Å². The van der Waals surface area contributed by atoms with Crippen LogP contribution in [0.25, 0.3) is 0 Å². The molecule has 196 valence electrons. The second kappa shape index (κ2) is 27.5. The van der Waals surface area contributed by atoms with Gasteiger partial charge in [0.1, 0.15) is 0 Å². The summed E-state index contributed by atoms with van der Waals surface area (Å²) >= 11 is 0. The summed E-state index contributed by atoms with van der Waals surface area (Å²) in [6, 6.07) is 0.560. The summed E-state index contributed by atoms with van der Waals surface area (Å²) in [6.07, 6.45) is 37.8. The first-order valence-corrected chi connectivity index (χ1v) is 15.3. The molecule has 0 spiro atoms. The van der Waals surface area contributed by atoms with E-state index in [2.05, 4.69) is 44.8 Å². The topological polar surface area (TPSA) is 12.0 Å². The monoisotopic (exact) mass is 461 g/mol.